The van der Waals surface area contributed by atoms with E-state index in [2.05, 4.69) is 27.2 Å². The Balaban J connectivity index is 1.99. The van der Waals surface area contributed by atoms with Crippen LogP contribution < -0.4 is 0 Å². The van der Waals surface area contributed by atoms with Crippen LogP contribution in [-0.2, 0) is 22.6 Å². The smallest absolute Gasteiger partial charge is 0.360 e. The second-order valence-corrected chi connectivity index (χ2v) is 5.18. The normalized spacial score (nSPS) is 17.1. The zero-order valence-corrected chi connectivity index (χ0v) is 12.9. The zero-order valence-electron chi connectivity index (χ0n) is 12.9. The quantitative estimate of drug-likeness (QED) is 0.653. The Morgan fingerprint density at radius 1 is 1.19 bits per heavy atom. The number of hydrogen-bond donors (Lipinski definition) is 0. The summed E-state index contributed by atoms with van der Waals surface area (Å²) in [7, 11) is 5.05. The summed E-state index contributed by atoms with van der Waals surface area (Å²) in [5.41, 5.74) is 0.899. The lowest BCUT2D eigenvalue weighted by Crippen LogP contribution is -2.45. The van der Waals surface area contributed by atoms with Crippen LogP contribution in [-0.4, -0.2) is 84.8 Å². The van der Waals surface area contributed by atoms with Gasteiger partial charge < -0.3 is 14.4 Å². The largest absolute Gasteiger partial charge is 0.464 e. The van der Waals surface area contributed by atoms with Crippen LogP contribution in [0.4, 0.5) is 0 Å². The predicted octanol–water partition coefficient (Wildman–Crippen LogP) is -0.541. The van der Waals surface area contributed by atoms with E-state index in [1.807, 2.05) is 0 Å². The van der Waals surface area contributed by atoms with Crippen LogP contribution in [0.1, 0.15) is 16.2 Å². The summed E-state index contributed by atoms with van der Waals surface area (Å²) in [6.07, 6.45) is 0. The van der Waals surface area contributed by atoms with Gasteiger partial charge in [0.25, 0.3) is 0 Å². The summed E-state index contributed by atoms with van der Waals surface area (Å²) in [6.45, 7) is 6.12. The van der Waals surface area contributed by atoms with Gasteiger partial charge in [0.15, 0.2) is 5.69 Å². The lowest BCUT2D eigenvalue weighted by Gasteiger charge is -2.32. The van der Waals surface area contributed by atoms with Crippen molar-refractivity contribution in [3.63, 3.8) is 0 Å². The minimum absolute atomic E-state index is 0.234. The highest BCUT2D eigenvalue weighted by Crippen LogP contribution is 2.09. The van der Waals surface area contributed by atoms with Gasteiger partial charge in [-0.25, -0.2) is 9.48 Å². The fraction of sp³-hybridized carbons (Fsp3) is 0.769. The molecule has 0 atom stereocenters. The van der Waals surface area contributed by atoms with Gasteiger partial charge in [-0.15, -0.1) is 5.10 Å². The second-order valence-electron chi connectivity index (χ2n) is 5.18. The topological polar surface area (TPSA) is 72.7 Å². The Morgan fingerprint density at radius 3 is 2.52 bits per heavy atom. The van der Waals surface area contributed by atoms with E-state index in [1.165, 1.54) is 7.11 Å². The van der Waals surface area contributed by atoms with Crippen molar-refractivity contribution >= 4 is 5.97 Å². The molecule has 1 aromatic heterocycles. The number of hydrogen-bond acceptors (Lipinski definition) is 7. The molecule has 0 aromatic carbocycles. The molecule has 8 nitrogen and oxygen atoms in total. The Morgan fingerprint density at radius 2 is 1.90 bits per heavy atom. The third-order valence-corrected chi connectivity index (χ3v) is 3.72. The number of esters is 1. The maximum atomic E-state index is 11.7. The lowest BCUT2D eigenvalue weighted by molar-refractivity contribution is 0.0588. The summed E-state index contributed by atoms with van der Waals surface area (Å²) in [5.74, 6) is -0.479. The first kappa shape index (κ1) is 15.9. The van der Waals surface area contributed by atoms with Crippen molar-refractivity contribution in [2.24, 2.45) is 0 Å². The molecule has 118 valence electrons. The standard InChI is InChI=1S/C13H23N5O3/c1-16-4-6-17(7-5-16)8-9-18-11(10-20-2)12(14-15-18)13(19)21-3/h4-10H2,1-3H3. The van der Waals surface area contributed by atoms with E-state index >= 15 is 0 Å². The minimum Gasteiger partial charge on any atom is -0.464 e. The first-order valence-corrected chi connectivity index (χ1v) is 7.06. The number of likely N-dealkylation sites (N-methyl/N-ethyl adjacent to an activating group) is 1. The fourth-order valence-corrected chi connectivity index (χ4v) is 2.35. The molecular weight excluding hydrogens is 274 g/mol. The SMILES string of the molecule is COCc1c(C(=O)OC)nnn1CCN1CCN(C)CC1. The van der Waals surface area contributed by atoms with E-state index < -0.39 is 5.97 Å². The first-order chi connectivity index (χ1) is 10.2. The molecule has 2 rings (SSSR count). The van der Waals surface area contributed by atoms with Crippen LogP contribution in [0, 0.1) is 0 Å². The molecule has 0 bridgehead atoms. The number of ether oxygens (including phenoxy) is 2. The van der Waals surface area contributed by atoms with Crippen molar-refractivity contribution in [3.8, 4) is 0 Å². The molecule has 2 heterocycles. The highest BCUT2D eigenvalue weighted by Gasteiger charge is 2.21. The van der Waals surface area contributed by atoms with Gasteiger partial charge in [-0.2, -0.15) is 0 Å². The molecule has 0 amide bonds. The van der Waals surface area contributed by atoms with Gasteiger partial charge in [0.05, 0.1) is 26.0 Å². The van der Waals surface area contributed by atoms with Crippen LogP contribution >= 0.6 is 0 Å². The molecule has 0 unspecified atom stereocenters. The third-order valence-electron chi connectivity index (χ3n) is 3.72. The Labute approximate surface area is 124 Å². The highest BCUT2D eigenvalue weighted by molar-refractivity contribution is 5.88. The average molecular weight is 297 g/mol. The summed E-state index contributed by atoms with van der Waals surface area (Å²) >= 11 is 0. The molecule has 0 spiro atoms. The van der Waals surface area contributed by atoms with Gasteiger partial charge in [-0.3, -0.25) is 4.90 Å². The molecule has 1 aliphatic heterocycles. The van der Waals surface area contributed by atoms with E-state index in [1.54, 1.807) is 11.8 Å². The molecule has 0 saturated carbocycles. The molecule has 1 fully saturated rings. The van der Waals surface area contributed by atoms with E-state index in [-0.39, 0.29) is 5.69 Å². The number of piperazine rings is 1. The van der Waals surface area contributed by atoms with Crippen molar-refractivity contribution < 1.29 is 14.3 Å². The van der Waals surface area contributed by atoms with E-state index in [0.717, 1.165) is 32.7 Å². The lowest BCUT2D eigenvalue weighted by atomic mass is 10.3. The van der Waals surface area contributed by atoms with Crippen molar-refractivity contribution in [2.75, 3.05) is 54.0 Å². The molecule has 0 N–H and O–H groups in total. The Hall–Kier alpha value is -1.51. The van der Waals surface area contributed by atoms with Gasteiger partial charge in [0.1, 0.15) is 0 Å². The molecule has 1 aliphatic rings. The van der Waals surface area contributed by atoms with Crippen LogP contribution in [0.2, 0.25) is 0 Å². The van der Waals surface area contributed by atoms with Gasteiger partial charge in [-0.05, 0) is 7.05 Å². The third kappa shape index (κ3) is 3.99. The van der Waals surface area contributed by atoms with E-state index in [4.69, 9.17) is 9.47 Å². The minimum atomic E-state index is -0.479. The predicted molar refractivity (Wildman–Crippen MR) is 76.0 cm³/mol. The molecule has 1 saturated heterocycles. The molecule has 0 aliphatic carbocycles. The number of methoxy groups -OCH3 is 2. The highest BCUT2D eigenvalue weighted by atomic mass is 16.5. The number of carbonyl (C=O) groups is 1. The summed E-state index contributed by atoms with van der Waals surface area (Å²) in [5, 5.41) is 7.96. The summed E-state index contributed by atoms with van der Waals surface area (Å²) in [4.78, 5) is 16.4. The van der Waals surface area contributed by atoms with Gasteiger partial charge in [-0.1, -0.05) is 5.21 Å². The summed E-state index contributed by atoms with van der Waals surface area (Å²) < 4.78 is 11.6. The molecule has 21 heavy (non-hydrogen) atoms. The monoisotopic (exact) mass is 297 g/mol. The molecule has 1 aromatic rings. The number of aromatic nitrogens is 3. The maximum absolute atomic E-state index is 11.7. The number of carbonyl (C=O) groups excluding carboxylic acids is 1. The van der Waals surface area contributed by atoms with Crippen molar-refractivity contribution in [1.82, 2.24) is 24.8 Å². The number of rotatable bonds is 6. The van der Waals surface area contributed by atoms with Gasteiger partial charge in [0, 0.05) is 39.8 Å². The van der Waals surface area contributed by atoms with Gasteiger partial charge >= 0.3 is 5.97 Å². The summed E-state index contributed by atoms with van der Waals surface area (Å²) in [6, 6.07) is 0. The van der Waals surface area contributed by atoms with Crippen molar-refractivity contribution in [2.45, 2.75) is 13.2 Å². The number of nitrogens with zero attached hydrogens (tertiary/aromatic N) is 5. The van der Waals surface area contributed by atoms with Crippen LogP contribution in [0.15, 0.2) is 0 Å². The van der Waals surface area contributed by atoms with E-state index in [0.29, 0.717) is 18.8 Å². The van der Waals surface area contributed by atoms with Gasteiger partial charge in [0.2, 0.25) is 0 Å². The Bertz CT molecular complexity index is 468. The molecular formula is C13H23N5O3. The Kier molecular flexibility index (Phi) is 5.66. The van der Waals surface area contributed by atoms with E-state index in [9.17, 15) is 4.79 Å². The van der Waals surface area contributed by atoms with Crippen LogP contribution in [0.3, 0.4) is 0 Å². The van der Waals surface area contributed by atoms with Crippen LogP contribution in [0.25, 0.3) is 0 Å². The van der Waals surface area contributed by atoms with Crippen molar-refractivity contribution in [1.29, 1.82) is 0 Å². The zero-order chi connectivity index (χ0) is 15.2. The van der Waals surface area contributed by atoms with Crippen LogP contribution in [0.5, 0.6) is 0 Å². The average Bonchev–Trinajstić information content (AvgIpc) is 2.89. The first-order valence-electron chi connectivity index (χ1n) is 7.06. The fourth-order valence-electron chi connectivity index (χ4n) is 2.35. The molecule has 0 radical (unpaired) electrons. The maximum Gasteiger partial charge on any atom is 0.360 e. The molecule has 8 heteroatoms. The van der Waals surface area contributed by atoms with Crippen molar-refractivity contribution in [3.05, 3.63) is 11.4 Å². The second kappa shape index (κ2) is 7.48.